The van der Waals surface area contributed by atoms with Gasteiger partial charge in [0.2, 0.25) is 5.88 Å². The summed E-state index contributed by atoms with van der Waals surface area (Å²) in [6.45, 7) is 2.23. The predicted octanol–water partition coefficient (Wildman–Crippen LogP) is 5.39. The topological polar surface area (TPSA) is 64.8 Å². The van der Waals surface area contributed by atoms with E-state index in [1.54, 1.807) is 53.8 Å². The quantitative estimate of drug-likeness (QED) is 0.387. The maximum atomic E-state index is 13.0. The molecule has 2 aromatic carbocycles. The Morgan fingerprint density at radius 3 is 2.39 bits per heavy atom. The van der Waals surface area contributed by atoms with E-state index in [1.807, 2.05) is 49.4 Å². The van der Waals surface area contributed by atoms with Crippen molar-refractivity contribution in [3.63, 3.8) is 0 Å². The van der Waals surface area contributed by atoms with E-state index in [-0.39, 0.29) is 12.5 Å². The second kappa shape index (κ2) is 9.63. The van der Waals surface area contributed by atoms with Crippen molar-refractivity contribution in [2.45, 2.75) is 13.5 Å². The van der Waals surface area contributed by atoms with Crippen molar-refractivity contribution in [3.8, 4) is 17.4 Å². The van der Waals surface area contributed by atoms with Gasteiger partial charge in [-0.3, -0.25) is 4.79 Å². The molecule has 4 aromatic rings. The highest BCUT2D eigenvalue weighted by atomic mass is 16.5. The van der Waals surface area contributed by atoms with Crippen LogP contribution < -0.4 is 14.4 Å². The molecule has 0 spiro atoms. The molecular weight excluding hydrogens is 392 g/mol. The number of amides is 1. The van der Waals surface area contributed by atoms with Crippen LogP contribution >= 0.6 is 0 Å². The molecular formula is C25H22N2O4. The third kappa shape index (κ3) is 5.51. The van der Waals surface area contributed by atoms with Crippen molar-refractivity contribution < 1.29 is 18.7 Å². The zero-order chi connectivity index (χ0) is 21.5. The van der Waals surface area contributed by atoms with Gasteiger partial charge in [0, 0.05) is 18.0 Å². The van der Waals surface area contributed by atoms with Gasteiger partial charge in [-0.05, 0) is 61.5 Å². The van der Waals surface area contributed by atoms with Gasteiger partial charge in [-0.25, -0.2) is 4.98 Å². The number of anilines is 1. The van der Waals surface area contributed by atoms with Crippen molar-refractivity contribution in [3.05, 3.63) is 103 Å². The maximum Gasteiger partial charge on any atom is 0.265 e. The Labute approximate surface area is 180 Å². The molecule has 0 saturated carbocycles. The Kier molecular flexibility index (Phi) is 6.28. The molecule has 2 aromatic heterocycles. The molecule has 0 fully saturated rings. The Hall–Kier alpha value is -4.06. The molecule has 0 aliphatic carbocycles. The number of aryl methyl sites for hydroxylation is 1. The molecule has 2 heterocycles. The fourth-order valence-corrected chi connectivity index (χ4v) is 2.96. The fourth-order valence-electron chi connectivity index (χ4n) is 2.96. The van der Waals surface area contributed by atoms with Crippen LogP contribution in [0.5, 0.6) is 17.4 Å². The molecule has 31 heavy (non-hydrogen) atoms. The Morgan fingerprint density at radius 1 is 0.935 bits per heavy atom. The van der Waals surface area contributed by atoms with Gasteiger partial charge in [0.05, 0.1) is 12.8 Å². The first-order valence-electron chi connectivity index (χ1n) is 9.88. The lowest BCUT2D eigenvalue weighted by Crippen LogP contribution is -2.34. The fraction of sp³-hybridized carbons (Fsp3) is 0.120. The van der Waals surface area contributed by atoms with Gasteiger partial charge in [0.25, 0.3) is 5.91 Å². The largest absolute Gasteiger partial charge is 0.484 e. The first-order valence-corrected chi connectivity index (χ1v) is 9.88. The van der Waals surface area contributed by atoms with E-state index in [9.17, 15) is 4.79 Å². The Balaban J connectivity index is 1.40. The second-order valence-electron chi connectivity index (χ2n) is 6.92. The summed E-state index contributed by atoms with van der Waals surface area (Å²) in [4.78, 5) is 18.7. The number of nitrogens with zero attached hydrogens (tertiary/aromatic N) is 2. The highest BCUT2D eigenvalue weighted by molar-refractivity contribution is 5.94. The van der Waals surface area contributed by atoms with Gasteiger partial charge in [0.1, 0.15) is 17.3 Å². The van der Waals surface area contributed by atoms with E-state index >= 15 is 0 Å². The van der Waals surface area contributed by atoms with Gasteiger partial charge in [-0.1, -0.05) is 23.8 Å². The van der Waals surface area contributed by atoms with Crippen molar-refractivity contribution in [1.82, 2.24) is 4.98 Å². The standard InChI is InChI=1S/C25H22N2O4/c1-19-7-9-20(10-8-19)27(17-23-5-4-16-29-23)25(28)18-30-21-11-13-22(14-12-21)31-24-6-2-3-15-26-24/h2-16H,17-18H2,1H3. The summed E-state index contributed by atoms with van der Waals surface area (Å²) in [5, 5.41) is 0. The third-order valence-corrected chi connectivity index (χ3v) is 4.59. The van der Waals surface area contributed by atoms with Crippen LogP contribution in [0.2, 0.25) is 0 Å². The van der Waals surface area contributed by atoms with Crippen LogP contribution in [0.1, 0.15) is 11.3 Å². The molecule has 4 rings (SSSR count). The van der Waals surface area contributed by atoms with E-state index in [2.05, 4.69) is 4.98 Å². The van der Waals surface area contributed by atoms with E-state index in [1.165, 1.54) is 0 Å². The van der Waals surface area contributed by atoms with Crippen molar-refractivity contribution in [1.29, 1.82) is 0 Å². The molecule has 0 aliphatic rings. The van der Waals surface area contributed by atoms with Crippen molar-refractivity contribution in [2.24, 2.45) is 0 Å². The lowest BCUT2D eigenvalue weighted by molar-refractivity contribution is -0.120. The number of aromatic nitrogens is 1. The summed E-state index contributed by atoms with van der Waals surface area (Å²) in [5.74, 6) is 2.25. The number of carbonyl (C=O) groups is 1. The van der Waals surface area contributed by atoms with Crippen LogP contribution in [-0.2, 0) is 11.3 Å². The number of ether oxygens (including phenoxy) is 2. The molecule has 1 amide bonds. The first-order chi connectivity index (χ1) is 15.2. The highest BCUT2D eigenvalue weighted by Crippen LogP contribution is 2.23. The molecule has 0 bridgehead atoms. The third-order valence-electron chi connectivity index (χ3n) is 4.59. The number of carbonyl (C=O) groups excluding carboxylic acids is 1. The zero-order valence-electron chi connectivity index (χ0n) is 17.1. The van der Waals surface area contributed by atoms with Crippen LogP contribution in [0, 0.1) is 6.92 Å². The van der Waals surface area contributed by atoms with E-state index in [0.717, 1.165) is 11.3 Å². The van der Waals surface area contributed by atoms with E-state index in [0.29, 0.717) is 29.7 Å². The summed E-state index contributed by atoms with van der Waals surface area (Å²) in [6.07, 6.45) is 3.26. The summed E-state index contributed by atoms with van der Waals surface area (Å²) in [7, 11) is 0. The Bertz CT molecular complexity index is 1090. The number of hydrogen-bond donors (Lipinski definition) is 0. The van der Waals surface area contributed by atoms with Gasteiger partial charge in [-0.15, -0.1) is 0 Å². The molecule has 6 heteroatoms. The summed E-state index contributed by atoms with van der Waals surface area (Å²) < 4.78 is 16.8. The van der Waals surface area contributed by atoms with E-state index in [4.69, 9.17) is 13.9 Å². The molecule has 0 radical (unpaired) electrons. The average molecular weight is 414 g/mol. The molecule has 156 valence electrons. The zero-order valence-corrected chi connectivity index (χ0v) is 17.1. The lowest BCUT2D eigenvalue weighted by Gasteiger charge is -2.22. The number of rotatable bonds is 8. The first kappa shape index (κ1) is 20.2. The minimum atomic E-state index is -0.172. The maximum absolute atomic E-state index is 13.0. The predicted molar refractivity (Wildman–Crippen MR) is 117 cm³/mol. The van der Waals surface area contributed by atoms with Crippen LogP contribution in [0.3, 0.4) is 0 Å². The van der Waals surface area contributed by atoms with Crippen molar-refractivity contribution >= 4 is 11.6 Å². The Morgan fingerprint density at radius 2 is 1.71 bits per heavy atom. The minimum absolute atomic E-state index is 0.102. The average Bonchev–Trinajstić information content (AvgIpc) is 3.32. The summed E-state index contributed by atoms with van der Waals surface area (Å²) in [5.41, 5.74) is 1.91. The van der Waals surface area contributed by atoms with Gasteiger partial charge in [-0.2, -0.15) is 0 Å². The van der Waals surface area contributed by atoms with Gasteiger partial charge < -0.3 is 18.8 Å². The smallest absolute Gasteiger partial charge is 0.265 e. The molecule has 6 nitrogen and oxygen atoms in total. The number of benzene rings is 2. The second-order valence-corrected chi connectivity index (χ2v) is 6.92. The van der Waals surface area contributed by atoms with Crippen LogP contribution in [0.4, 0.5) is 5.69 Å². The molecule has 0 N–H and O–H groups in total. The highest BCUT2D eigenvalue weighted by Gasteiger charge is 2.18. The van der Waals surface area contributed by atoms with E-state index < -0.39 is 0 Å². The van der Waals surface area contributed by atoms with Crippen LogP contribution in [0.15, 0.2) is 95.7 Å². The van der Waals surface area contributed by atoms with Crippen molar-refractivity contribution in [2.75, 3.05) is 11.5 Å². The minimum Gasteiger partial charge on any atom is -0.484 e. The number of pyridine rings is 1. The van der Waals surface area contributed by atoms with Gasteiger partial charge in [0.15, 0.2) is 6.61 Å². The number of furan rings is 1. The molecule has 0 aliphatic heterocycles. The number of hydrogen-bond acceptors (Lipinski definition) is 5. The monoisotopic (exact) mass is 414 g/mol. The molecule has 0 atom stereocenters. The SMILES string of the molecule is Cc1ccc(N(Cc2ccco2)C(=O)COc2ccc(Oc3ccccn3)cc2)cc1. The normalized spacial score (nSPS) is 10.5. The molecule has 0 unspecified atom stereocenters. The lowest BCUT2D eigenvalue weighted by atomic mass is 10.2. The van der Waals surface area contributed by atoms with Crippen LogP contribution in [-0.4, -0.2) is 17.5 Å². The van der Waals surface area contributed by atoms with Crippen LogP contribution in [0.25, 0.3) is 0 Å². The van der Waals surface area contributed by atoms with Gasteiger partial charge >= 0.3 is 0 Å². The summed E-state index contributed by atoms with van der Waals surface area (Å²) >= 11 is 0. The summed E-state index contributed by atoms with van der Waals surface area (Å²) in [6, 6.07) is 23.9. The molecule has 0 saturated heterocycles.